The molecule has 1 heterocycles. The molecule has 0 spiro atoms. The van der Waals surface area contributed by atoms with Gasteiger partial charge in [-0.3, -0.25) is 4.79 Å². The van der Waals surface area contributed by atoms with E-state index in [1.54, 1.807) is 19.9 Å². The van der Waals surface area contributed by atoms with Gasteiger partial charge in [0.2, 0.25) is 0 Å². The van der Waals surface area contributed by atoms with Crippen molar-refractivity contribution in [3.8, 4) is 0 Å². The molecular formula is C14H15F3N4O. The number of nitrogens with zero attached hydrogens (tertiary/aromatic N) is 2. The van der Waals surface area contributed by atoms with Gasteiger partial charge in [-0.15, -0.1) is 0 Å². The normalized spacial score (nSPS) is 12.2. The highest BCUT2D eigenvalue weighted by Gasteiger charge is 2.32. The zero-order valence-electron chi connectivity index (χ0n) is 12.0. The number of nitrogens with one attached hydrogen (secondary N) is 2. The topological polar surface area (TPSA) is 70.7 Å². The van der Waals surface area contributed by atoms with Crippen LogP contribution in [0, 0.1) is 0 Å². The molecule has 0 fully saturated rings. The van der Waals surface area contributed by atoms with E-state index in [0.717, 1.165) is 12.1 Å². The Morgan fingerprint density at radius 3 is 2.55 bits per heavy atom. The number of H-pyrrole nitrogens is 1. The Kier molecular flexibility index (Phi) is 4.20. The third kappa shape index (κ3) is 3.63. The van der Waals surface area contributed by atoms with Crippen LogP contribution in [0.2, 0.25) is 0 Å². The largest absolute Gasteiger partial charge is 0.416 e. The quantitative estimate of drug-likeness (QED) is 0.911. The van der Waals surface area contributed by atoms with Crippen LogP contribution in [0.15, 0.2) is 30.5 Å². The summed E-state index contributed by atoms with van der Waals surface area (Å²) in [5.41, 5.74) is -0.760. The number of amides is 1. The van der Waals surface area contributed by atoms with E-state index in [0.29, 0.717) is 5.56 Å². The molecule has 1 aromatic carbocycles. The number of carbonyl (C=O) groups is 1. The molecule has 0 aliphatic heterocycles. The van der Waals surface area contributed by atoms with Gasteiger partial charge in [0.1, 0.15) is 0 Å². The summed E-state index contributed by atoms with van der Waals surface area (Å²) < 4.78 is 38.3. The number of rotatable bonds is 4. The first-order valence-corrected chi connectivity index (χ1v) is 6.52. The molecule has 5 nitrogen and oxygen atoms in total. The number of aromatic amines is 1. The SMILES string of the molecule is CC(C)(CNC(=O)c1cn[nH]n1)c1cccc(C(F)(F)F)c1. The van der Waals surface area contributed by atoms with Crippen LogP contribution in [0.5, 0.6) is 0 Å². The summed E-state index contributed by atoms with van der Waals surface area (Å²) in [5.74, 6) is -0.436. The summed E-state index contributed by atoms with van der Waals surface area (Å²) in [6, 6.07) is 5.09. The molecule has 2 aromatic rings. The lowest BCUT2D eigenvalue weighted by Gasteiger charge is -2.26. The zero-order valence-corrected chi connectivity index (χ0v) is 12.0. The molecule has 0 aliphatic carbocycles. The highest BCUT2D eigenvalue weighted by atomic mass is 19.4. The van der Waals surface area contributed by atoms with Crippen molar-refractivity contribution < 1.29 is 18.0 Å². The summed E-state index contributed by atoms with van der Waals surface area (Å²) in [7, 11) is 0. The van der Waals surface area contributed by atoms with Crippen molar-refractivity contribution in [2.24, 2.45) is 0 Å². The molecule has 1 amide bonds. The highest BCUT2D eigenvalue weighted by Crippen LogP contribution is 2.32. The van der Waals surface area contributed by atoms with E-state index in [9.17, 15) is 18.0 Å². The minimum atomic E-state index is -4.39. The van der Waals surface area contributed by atoms with E-state index < -0.39 is 23.1 Å². The van der Waals surface area contributed by atoms with Crippen LogP contribution >= 0.6 is 0 Å². The predicted octanol–water partition coefficient (Wildman–Crippen LogP) is 2.53. The van der Waals surface area contributed by atoms with Crippen molar-refractivity contribution in [2.75, 3.05) is 6.54 Å². The molecule has 1 aromatic heterocycles. The molecule has 0 saturated carbocycles. The number of aromatic nitrogens is 3. The Balaban J connectivity index is 2.11. The average molecular weight is 312 g/mol. The van der Waals surface area contributed by atoms with Gasteiger partial charge in [-0.25, -0.2) is 0 Å². The van der Waals surface area contributed by atoms with Gasteiger partial charge < -0.3 is 5.32 Å². The number of carbonyl (C=O) groups excluding carboxylic acids is 1. The fourth-order valence-corrected chi connectivity index (χ4v) is 1.92. The van der Waals surface area contributed by atoms with Crippen molar-refractivity contribution in [3.63, 3.8) is 0 Å². The molecule has 118 valence electrons. The summed E-state index contributed by atoms with van der Waals surface area (Å²) in [5, 5.41) is 12.1. The Labute approximate surface area is 124 Å². The molecule has 0 saturated heterocycles. The first kappa shape index (κ1) is 16.0. The third-order valence-electron chi connectivity index (χ3n) is 3.31. The second-order valence-corrected chi connectivity index (χ2v) is 5.50. The van der Waals surface area contributed by atoms with E-state index in [-0.39, 0.29) is 12.2 Å². The molecule has 8 heteroatoms. The molecule has 2 rings (SSSR count). The van der Waals surface area contributed by atoms with E-state index >= 15 is 0 Å². The van der Waals surface area contributed by atoms with E-state index in [1.165, 1.54) is 12.3 Å². The van der Waals surface area contributed by atoms with Crippen molar-refractivity contribution >= 4 is 5.91 Å². The Morgan fingerprint density at radius 1 is 1.27 bits per heavy atom. The van der Waals surface area contributed by atoms with Crippen molar-refractivity contribution in [2.45, 2.75) is 25.4 Å². The summed E-state index contributed by atoms with van der Waals surface area (Å²) >= 11 is 0. The van der Waals surface area contributed by atoms with Crippen molar-refractivity contribution in [3.05, 3.63) is 47.3 Å². The van der Waals surface area contributed by atoms with Gasteiger partial charge in [0.25, 0.3) is 5.91 Å². The third-order valence-corrected chi connectivity index (χ3v) is 3.31. The van der Waals surface area contributed by atoms with Crippen LogP contribution in [-0.4, -0.2) is 27.9 Å². The lowest BCUT2D eigenvalue weighted by Crippen LogP contribution is -2.37. The first-order chi connectivity index (χ1) is 10.2. The summed E-state index contributed by atoms with van der Waals surface area (Å²) in [6.45, 7) is 3.68. The van der Waals surface area contributed by atoms with Crippen LogP contribution in [0.25, 0.3) is 0 Å². The van der Waals surface area contributed by atoms with Gasteiger partial charge in [0.15, 0.2) is 5.69 Å². The maximum absolute atomic E-state index is 12.8. The van der Waals surface area contributed by atoms with Crippen LogP contribution in [0.1, 0.15) is 35.5 Å². The molecular weight excluding hydrogens is 297 g/mol. The van der Waals surface area contributed by atoms with Crippen molar-refractivity contribution in [1.29, 1.82) is 0 Å². The Hall–Kier alpha value is -2.38. The first-order valence-electron chi connectivity index (χ1n) is 6.52. The lowest BCUT2D eigenvalue weighted by atomic mass is 9.83. The highest BCUT2D eigenvalue weighted by molar-refractivity contribution is 5.91. The van der Waals surface area contributed by atoms with Gasteiger partial charge in [0.05, 0.1) is 11.8 Å². The molecule has 0 unspecified atom stereocenters. The van der Waals surface area contributed by atoms with Crippen LogP contribution < -0.4 is 5.32 Å². The van der Waals surface area contributed by atoms with Crippen LogP contribution in [0.4, 0.5) is 13.2 Å². The molecule has 22 heavy (non-hydrogen) atoms. The van der Waals surface area contributed by atoms with Crippen LogP contribution in [0.3, 0.4) is 0 Å². The van der Waals surface area contributed by atoms with Gasteiger partial charge in [-0.05, 0) is 11.6 Å². The van der Waals surface area contributed by atoms with Gasteiger partial charge in [-0.1, -0.05) is 32.0 Å². The fourth-order valence-electron chi connectivity index (χ4n) is 1.92. The molecule has 0 atom stereocenters. The fraction of sp³-hybridized carbons (Fsp3) is 0.357. The van der Waals surface area contributed by atoms with E-state index in [1.807, 2.05) is 0 Å². The van der Waals surface area contributed by atoms with E-state index in [2.05, 4.69) is 20.7 Å². The Morgan fingerprint density at radius 2 is 1.95 bits per heavy atom. The second-order valence-electron chi connectivity index (χ2n) is 5.50. The maximum atomic E-state index is 12.8. The monoisotopic (exact) mass is 312 g/mol. The Bertz CT molecular complexity index is 650. The van der Waals surface area contributed by atoms with Crippen molar-refractivity contribution in [1.82, 2.24) is 20.7 Å². The summed E-state index contributed by atoms with van der Waals surface area (Å²) in [4.78, 5) is 11.8. The zero-order chi connectivity index (χ0) is 16.4. The smallest absolute Gasteiger partial charge is 0.350 e. The summed E-state index contributed by atoms with van der Waals surface area (Å²) in [6.07, 6.45) is -3.12. The number of hydrogen-bond acceptors (Lipinski definition) is 3. The average Bonchev–Trinajstić information content (AvgIpc) is 2.98. The number of halogens is 3. The molecule has 0 radical (unpaired) electrons. The molecule has 0 bridgehead atoms. The number of alkyl halides is 3. The second kappa shape index (κ2) is 5.78. The maximum Gasteiger partial charge on any atom is 0.416 e. The minimum absolute atomic E-state index is 0.125. The predicted molar refractivity (Wildman–Crippen MR) is 73.2 cm³/mol. The van der Waals surface area contributed by atoms with Gasteiger partial charge in [-0.2, -0.15) is 28.6 Å². The molecule has 2 N–H and O–H groups in total. The standard InChI is InChI=1S/C14H15F3N4O/c1-13(2,8-18-12(22)11-7-19-21-20-11)9-4-3-5-10(6-9)14(15,16)17/h3-7H,8H2,1-2H3,(H,18,22)(H,19,20,21). The van der Waals surface area contributed by atoms with E-state index in [4.69, 9.17) is 0 Å². The number of hydrogen-bond donors (Lipinski definition) is 2. The van der Waals surface area contributed by atoms with Crippen LogP contribution in [-0.2, 0) is 11.6 Å². The lowest BCUT2D eigenvalue weighted by molar-refractivity contribution is -0.137. The molecule has 0 aliphatic rings. The van der Waals surface area contributed by atoms with Gasteiger partial charge >= 0.3 is 6.18 Å². The minimum Gasteiger partial charge on any atom is -0.350 e. The number of benzene rings is 1. The van der Waals surface area contributed by atoms with Gasteiger partial charge in [0, 0.05) is 12.0 Å².